The van der Waals surface area contributed by atoms with Crippen molar-refractivity contribution in [2.24, 2.45) is 0 Å². The molecule has 0 heterocycles. The summed E-state index contributed by atoms with van der Waals surface area (Å²) < 4.78 is 0. The quantitative estimate of drug-likeness (QED) is 0.225. The number of carbonyl (C=O) groups is 3. The van der Waals surface area contributed by atoms with Gasteiger partial charge in [0.15, 0.2) is 0 Å². The van der Waals surface area contributed by atoms with E-state index in [1.807, 2.05) is 0 Å². The average Bonchev–Trinajstić information content (AvgIpc) is 2.64. The Bertz CT molecular complexity index is 431. The molecule has 0 rings (SSSR count). The SMILES string of the molecule is CCCCCCCCCCCCCCCCCC(=O)N[C@@H](CC(=O)O)C(=O)[O-].[Na+]. The third-order valence-corrected chi connectivity index (χ3v) is 5.01. The minimum Gasteiger partial charge on any atom is -0.548 e. The monoisotopic (exact) mass is 421 g/mol. The molecule has 0 aromatic rings. The molecule has 0 aromatic carbocycles. The Hall–Kier alpha value is -0.590. The number of carbonyl (C=O) groups excluding carboxylic acids is 2. The minimum atomic E-state index is -1.56. The summed E-state index contributed by atoms with van der Waals surface area (Å²) in [5, 5.41) is 21.6. The molecule has 6 nitrogen and oxygen atoms in total. The standard InChI is InChI=1S/C22H41NO5.Na/c1-2-3-4-5-6-7-8-9-10-11-12-13-14-15-16-17-20(24)23-19(22(27)28)18-21(25)26;/h19H,2-18H2,1H3,(H,23,24)(H,25,26)(H,27,28);/q;+1/p-1/t19-;/m0./s1. The molecule has 0 aliphatic heterocycles. The summed E-state index contributed by atoms with van der Waals surface area (Å²) in [6, 6.07) is -1.46. The third kappa shape index (κ3) is 21.9. The van der Waals surface area contributed by atoms with Crippen molar-refractivity contribution in [3.05, 3.63) is 0 Å². The zero-order valence-electron chi connectivity index (χ0n) is 18.7. The van der Waals surface area contributed by atoms with Crippen molar-refractivity contribution < 1.29 is 54.2 Å². The largest absolute Gasteiger partial charge is 1.00 e. The maximum Gasteiger partial charge on any atom is 1.00 e. The molecule has 0 spiro atoms. The first-order valence-corrected chi connectivity index (χ1v) is 11.2. The van der Waals surface area contributed by atoms with E-state index in [4.69, 9.17) is 5.11 Å². The molecule has 1 atom stereocenters. The first kappa shape index (κ1) is 30.6. The van der Waals surface area contributed by atoms with E-state index in [-0.39, 0.29) is 36.0 Å². The van der Waals surface area contributed by atoms with Crippen LogP contribution in [0.2, 0.25) is 0 Å². The van der Waals surface area contributed by atoms with Gasteiger partial charge in [0.25, 0.3) is 0 Å². The molecule has 0 saturated heterocycles. The van der Waals surface area contributed by atoms with Crippen LogP contribution in [0.5, 0.6) is 0 Å². The molecule has 2 N–H and O–H groups in total. The van der Waals surface area contributed by atoms with Crippen molar-refractivity contribution in [2.45, 2.75) is 122 Å². The van der Waals surface area contributed by atoms with E-state index in [1.54, 1.807) is 0 Å². The molecule has 1 amide bonds. The number of nitrogens with one attached hydrogen (secondary N) is 1. The van der Waals surface area contributed by atoms with Crippen LogP contribution >= 0.6 is 0 Å². The van der Waals surface area contributed by atoms with Gasteiger partial charge in [-0.1, -0.05) is 96.8 Å². The Morgan fingerprint density at radius 1 is 0.759 bits per heavy atom. The molecule has 0 fully saturated rings. The van der Waals surface area contributed by atoms with Gasteiger partial charge in [-0.3, -0.25) is 9.59 Å². The van der Waals surface area contributed by atoms with Crippen LogP contribution in [0, 0.1) is 0 Å². The van der Waals surface area contributed by atoms with Crippen LogP contribution in [0.15, 0.2) is 0 Å². The summed E-state index contributed by atoms with van der Waals surface area (Å²) in [5.41, 5.74) is 0. The van der Waals surface area contributed by atoms with Gasteiger partial charge in [0.1, 0.15) is 0 Å². The second-order valence-electron chi connectivity index (χ2n) is 7.74. The van der Waals surface area contributed by atoms with E-state index in [0.717, 1.165) is 12.8 Å². The number of amides is 1. The predicted molar refractivity (Wildman–Crippen MR) is 109 cm³/mol. The van der Waals surface area contributed by atoms with Crippen LogP contribution in [0.4, 0.5) is 0 Å². The van der Waals surface area contributed by atoms with Crippen molar-refractivity contribution >= 4 is 17.8 Å². The smallest absolute Gasteiger partial charge is 0.548 e. The summed E-state index contributed by atoms with van der Waals surface area (Å²) in [7, 11) is 0. The summed E-state index contributed by atoms with van der Waals surface area (Å²) in [6.07, 6.45) is 18.1. The van der Waals surface area contributed by atoms with Gasteiger partial charge in [-0.05, 0) is 6.42 Å². The molecule has 0 aromatic heterocycles. The molecule has 0 saturated carbocycles. The number of hydrogen-bond acceptors (Lipinski definition) is 4. The van der Waals surface area contributed by atoms with Gasteiger partial charge in [0, 0.05) is 6.42 Å². The van der Waals surface area contributed by atoms with E-state index >= 15 is 0 Å². The second kappa shape index (κ2) is 22.1. The van der Waals surface area contributed by atoms with Crippen molar-refractivity contribution in [1.29, 1.82) is 0 Å². The fraction of sp³-hybridized carbons (Fsp3) is 0.864. The van der Waals surface area contributed by atoms with Crippen LogP contribution in [-0.2, 0) is 14.4 Å². The summed E-state index contributed by atoms with van der Waals surface area (Å²) in [5.74, 6) is -3.26. The number of hydrogen-bond donors (Lipinski definition) is 2. The van der Waals surface area contributed by atoms with E-state index < -0.39 is 30.3 Å². The van der Waals surface area contributed by atoms with Crippen LogP contribution in [0.25, 0.3) is 0 Å². The van der Waals surface area contributed by atoms with Gasteiger partial charge in [-0.25, -0.2) is 0 Å². The first-order chi connectivity index (χ1) is 13.5. The van der Waals surface area contributed by atoms with Crippen LogP contribution in [0.1, 0.15) is 116 Å². The van der Waals surface area contributed by atoms with E-state index in [0.29, 0.717) is 6.42 Å². The van der Waals surface area contributed by atoms with Gasteiger partial charge in [-0.2, -0.15) is 0 Å². The van der Waals surface area contributed by atoms with Crippen LogP contribution in [0.3, 0.4) is 0 Å². The van der Waals surface area contributed by atoms with Gasteiger partial charge in [0.2, 0.25) is 5.91 Å². The topological polar surface area (TPSA) is 107 Å². The van der Waals surface area contributed by atoms with Crippen molar-refractivity contribution in [1.82, 2.24) is 5.32 Å². The molecular formula is C22H40NNaO5. The van der Waals surface area contributed by atoms with Gasteiger partial charge >= 0.3 is 35.5 Å². The third-order valence-electron chi connectivity index (χ3n) is 5.01. The number of aliphatic carboxylic acids is 2. The molecule has 29 heavy (non-hydrogen) atoms. The average molecular weight is 422 g/mol. The van der Waals surface area contributed by atoms with Crippen LogP contribution < -0.4 is 40.0 Å². The normalized spacial score (nSPS) is 11.5. The molecule has 0 radical (unpaired) electrons. The number of carboxylic acids is 2. The fourth-order valence-electron chi connectivity index (χ4n) is 3.29. The number of carboxylic acid groups (broad SMARTS) is 2. The van der Waals surface area contributed by atoms with Gasteiger partial charge in [0.05, 0.1) is 18.4 Å². The summed E-state index contributed by atoms with van der Waals surface area (Å²) in [4.78, 5) is 33.0. The molecule has 0 aliphatic carbocycles. The Morgan fingerprint density at radius 3 is 1.48 bits per heavy atom. The molecule has 0 unspecified atom stereocenters. The molecule has 0 bridgehead atoms. The second-order valence-corrected chi connectivity index (χ2v) is 7.74. The Balaban J connectivity index is 0. The Kier molecular flexibility index (Phi) is 23.3. The van der Waals surface area contributed by atoms with E-state index in [2.05, 4.69) is 12.2 Å². The Labute approximate surface area is 198 Å². The maximum atomic E-state index is 11.7. The first-order valence-electron chi connectivity index (χ1n) is 11.2. The number of rotatable bonds is 20. The zero-order valence-corrected chi connectivity index (χ0v) is 20.7. The fourth-order valence-corrected chi connectivity index (χ4v) is 3.29. The molecule has 164 valence electrons. The van der Waals surface area contributed by atoms with Crippen molar-refractivity contribution in [3.8, 4) is 0 Å². The molecular weight excluding hydrogens is 381 g/mol. The van der Waals surface area contributed by atoms with Gasteiger partial charge in [-0.15, -0.1) is 0 Å². The number of unbranched alkanes of at least 4 members (excludes halogenated alkanes) is 14. The minimum absolute atomic E-state index is 0. The van der Waals surface area contributed by atoms with Crippen molar-refractivity contribution in [2.75, 3.05) is 0 Å². The predicted octanol–water partition coefficient (Wildman–Crippen LogP) is 0.961. The van der Waals surface area contributed by atoms with Crippen LogP contribution in [-0.4, -0.2) is 29.0 Å². The summed E-state index contributed by atoms with van der Waals surface area (Å²) in [6.45, 7) is 2.25. The zero-order chi connectivity index (χ0) is 21.0. The summed E-state index contributed by atoms with van der Waals surface area (Å²) >= 11 is 0. The van der Waals surface area contributed by atoms with Gasteiger partial charge < -0.3 is 20.3 Å². The van der Waals surface area contributed by atoms with Crippen molar-refractivity contribution in [3.63, 3.8) is 0 Å². The van der Waals surface area contributed by atoms with E-state index in [1.165, 1.54) is 77.0 Å². The molecule has 7 heteroatoms. The molecule has 0 aliphatic rings. The van der Waals surface area contributed by atoms with E-state index in [9.17, 15) is 19.5 Å². The maximum absolute atomic E-state index is 11.7. The Morgan fingerprint density at radius 2 is 1.14 bits per heavy atom.